The van der Waals surface area contributed by atoms with E-state index in [1.165, 1.54) is 7.05 Å². The van der Waals surface area contributed by atoms with Crippen LogP contribution in [0.1, 0.15) is 31.1 Å². The summed E-state index contributed by atoms with van der Waals surface area (Å²) in [5.41, 5.74) is 9.39. The van der Waals surface area contributed by atoms with E-state index in [2.05, 4.69) is 17.9 Å². The maximum absolute atomic E-state index is 10.6. The molecule has 3 aromatic rings. The number of nitrogens with two attached hydrogens (primary N) is 2. The molecule has 7 N–H and O–H groups in total. The Hall–Kier alpha value is -2.53. The number of hydrogen-bond acceptors (Lipinski definition) is 5. The van der Waals surface area contributed by atoms with Crippen LogP contribution in [-0.4, -0.2) is 40.3 Å². The largest absolute Gasteiger partial charge is 1.00 e. The van der Waals surface area contributed by atoms with Crippen LogP contribution in [0.5, 0.6) is 0 Å². The van der Waals surface area contributed by atoms with Gasteiger partial charge in [-0.25, -0.2) is 14.4 Å². The van der Waals surface area contributed by atoms with Gasteiger partial charge in [0.2, 0.25) is 0 Å². The van der Waals surface area contributed by atoms with Crippen LogP contribution in [0.25, 0.3) is 0 Å². The van der Waals surface area contributed by atoms with E-state index in [1.54, 1.807) is 24.3 Å². The number of anilines is 1. The minimum absolute atomic E-state index is 0. The van der Waals surface area contributed by atoms with Gasteiger partial charge in [-0.15, -0.1) is 12.1 Å². The van der Waals surface area contributed by atoms with Crippen LogP contribution in [0.4, 0.5) is 5.69 Å². The number of hydrogen-bond donors (Lipinski definition) is 5. The molecule has 0 bridgehead atoms. The maximum Gasteiger partial charge on any atom is 1.00 e. The standard InChI is InChI=1S/C9H6O6.C6H6N.C6H5.CH5N.K/c10-7(11)4-1-2-5(8(12)13)6(3-4)9(14)15;7-6-4-2-1-3-5-6;1-2-4-6-5-3-1;1-2;/h1-3H,(H,10,11)(H,12,13)(H,14,15);2-5H,7H2;1-5H;2H2,1H3;/q;2*-1;;+1. The van der Waals surface area contributed by atoms with Crippen molar-refractivity contribution in [2.45, 2.75) is 0 Å². The summed E-state index contributed by atoms with van der Waals surface area (Å²) in [6, 6.07) is 25.3. The molecule has 0 saturated heterocycles. The summed E-state index contributed by atoms with van der Waals surface area (Å²) >= 11 is 0. The molecular weight excluding hydrogens is 427 g/mol. The van der Waals surface area contributed by atoms with E-state index in [-0.39, 0.29) is 56.9 Å². The second-order valence-electron chi connectivity index (χ2n) is 5.09. The fraction of sp³-hybridized carbons (Fsp3) is 0.0455. The van der Waals surface area contributed by atoms with E-state index in [4.69, 9.17) is 21.1 Å². The van der Waals surface area contributed by atoms with Crippen LogP contribution in [0.15, 0.2) is 72.8 Å². The molecule has 0 amide bonds. The molecule has 0 saturated carbocycles. The van der Waals surface area contributed by atoms with E-state index in [9.17, 15) is 14.4 Å². The van der Waals surface area contributed by atoms with Crippen LogP contribution < -0.4 is 62.9 Å². The first-order valence-electron chi connectivity index (χ1n) is 8.37. The van der Waals surface area contributed by atoms with Gasteiger partial charge in [0.1, 0.15) is 0 Å². The molecule has 3 rings (SSSR count). The average Bonchev–Trinajstić information content (AvgIpc) is 2.77. The third-order valence-electron chi connectivity index (χ3n) is 3.08. The first-order valence-corrected chi connectivity index (χ1v) is 8.37. The third-order valence-corrected chi connectivity index (χ3v) is 3.08. The molecule has 31 heavy (non-hydrogen) atoms. The zero-order chi connectivity index (χ0) is 22.9. The molecule has 0 atom stereocenters. The quantitative estimate of drug-likeness (QED) is 0.210. The van der Waals surface area contributed by atoms with Gasteiger partial charge in [0, 0.05) is 0 Å². The van der Waals surface area contributed by atoms with Crippen molar-refractivity contribution >= 4 is 23.6 Å². The molecule has 0 spiro atoms. The van der Waals surface area contributed by atoms with Gasteiger partial charge in [0.05, 0.1) is 16.7 Å². The Bertz CT molecular complexity index is 895. The molecule has 0 heterocycles. The molecule has 0 aliphatic carbocycles. The van der Waals surface area contributed by atoms with Crippen molar-refractivity contribution in [3.63, 3.8) is 0 Å². The van der Waals surface area contributed by atoms with E-state index in [0.717, 1.165) is 23.9 Å². The Morgan fingerprint density at radius 2 is 1.19 bits per heavy atom. The number of carboxylic acid groups (broad SMARTS) is 3. The summed E-state index contributed by atoms with van der Waals surface area (Å²) in [7, 11) is 1.50. The second-order valence-corrected chi connectivity index (χ2v) is 5.09. The first-order chi connectivity index (χ1) is 14.3. The zero-order valence-electron chi connectivity index (χ0n) is 17.1. The SMILES string of the molecule is CN.Nc1cc[c-]cc1.O=C(O)c1ccc(C(=O)O)c(C(=O)O)c1.[K+].[c-]1ccccc1. The fourth-order valence-electron chi connectivity index (χ4n) is 1.78. The van der Waals surface area contributed by atoms with E-state index >= 15 is 0 Å². The van der Waals surface area contributed by atoms with Crippen molar-refractivity contribution in [3.8, 4) is 0 Å². The summed E-state index contributed by atoms with van der Waals surface area (Å²) < 4.78 is 0. The minimum atomic E-state index is -1.48. The minimum Gasteiger partial charge on any atom is -0.478 e. The number of aromatic carboxylic acids is 3. The van der Waals surface area contributed by atoms with E-state index in [1.807, 2.05) is 30.3 Å². The van der Waals surface area contributed by atoms with Crippen molar-refractivity contribution in [3.05, 3.63) is 102 Å². The third kappa shape index (κ3) is 13.4. The van der Waals surface area contributed by atoms with Gasteiger partial charge >= 0.3 is 69.3 Å². The monoisotopic (exact) mass is 449 g/mol. The van der Waals surface area contributed by atoms with Gasteiger partial charge in [-0.3, -0.25) is 0 Å². The molecule has 3 aromatic carbocycles. The van der Waals surface area contributed by atoms with Crippen LogP contribution in [0.2, 0.25) is 0 Å². The Kier molecular flexibility index (Phi) is 18.1. The zero-order valence-corrected chi connectivity index (χ0v) is 20.3. The summed E-state index contributed by atoms with van der Waals surface area (Å²) in [6.07, 6.45) is 0. The van der Waals surface area contributed by atoms with E-state index < -0.39 is 29.0 Å². The second kappa shape index (κ2) is 18.3. The summed E-state index contributed by atoms with van der Waals surface area (Å²) in [6.45, 7) is 0. The molecule has 0 aromatic heterocycles. The van der Waals surface area contributed by atoms with Crippen LogP contribution in [0.3, 0.4) is 0 Å². The Balaban J connectivity index is 0. The van der Waals surface area contributed by atoms with Crippen molar-refractivity contribution < 1.29 is 81.1 Å². The van der Waals surface area contributed by atoms with Gasteiger partial charge in [0.25, 0.3) is 0 Å². The van der Waals surface area contributed by atoms with Gasteiger partial charge in [0.15, 0.2) is 0 Å². The summed E-state index contributed by atoms with van der Waals surface area (Å²) in [4.78, 5) is 31.8. The summed E-state index contributed by atoms with van der Waals surface area (Å²) in [5.74, 6) is -4.20. The molecule has 0 aliphatic heterocycles. The van der Waals surface area contributed by atoms with Gasteiger partial charge in [-0.1, -0.05) is 5.69 Å². The Labute approximate surface area is 222 Å². The predicted molar refractivity (Wildman–Crippen MR) is 112 cm³/mol. The van der Waals surface area contributed by atoms with Crippen LogP contribution >= 0.6 is 0 Å². The smallest absolute Gasteiger partial charge is 0.478 e. The number of carboxylic acids is 3. The van der Waals surface area contributed by atoms with Crippen molar-refractivity contribution in [1.82, 2.24) is 0 Å². The predicted octanol–water partition coefficient (Wildman–Crippen LogP) is -0.0841. The number of nitrogen functional groups attached to an aromatic ring is 1. The van der Waals surface area contributed by atoms with Crippen LogP contribution in [-0.2, 0) is 0 Å². The molecule has 0 fully saturated rings. The molecule has 0 radical (unpaired) electrons. The molecule has 9 heteroatoms. The number of rotatable bonds is 3. The van der Waals surface area contributed by atoms with Gasteiger partial charge in [-0.05, 0) is 25.2 Å². The molecular formula is C22H22KN2O6-. The van der Waals surface area contributed by atoms with Gasteiger partial charge < -0.3 is 26.8 Å². The molecule has 8 nitrogen and oxygen atoms in total. The maximum atomic E-state index is 10.6. The number of benzene rings is 3. The first kappa shape index (κ1) is 30.7. The molecule has 158 valence electrons. The molecule has 0 unspecified atom stereocenters. The van der Waals surface area contributed by atoms with Crippen molar-refractivity contribution in [2.75, 3.05) is 12.8 Å². The normalized spacial score (nSPS) is 8.32. The van der Waals surface area contributed by atoms with Crippen LogP contribution in [0, 0.1) is 12.1 Å². The Morgan fingerprint density at radius 1 is 0.710 bits per heavy atom. The van der Waals surface area contributed by atoms with E-state index in [0.29, 0.717) is 0 Å². The van der Waals surface area contributed by atoms with Crippen molar-refractivity contribution in [1.29, 1.82) is 0 Å². The Morgan fingerprint density at radius 3 is 1.48 bits per heavy atom. The number of carbonyl (C=O) groups is 3. The van der Waals surface area contributed by atoms with Crippen molar-refractivity contribution in [2.24, 2.45) is 5.73 Å². The fourth-order valence-corrected chi connectivity index (χ4v) is 1.78. The molecule has 0 aliphatic rings. The van der Waals surface area contributed by atoms with Gasteiger partial charge in [-0.2, -0.15) is 54.6 Å². The summed E-state index contributed by atoms with van der Waals surface area (Å²) in [5, 5.41) is 25.9. The topological polar surface area (TPSA) is 164 Å². The average molecular weight is 450 g/mol.